The summed E-state index contributed by atoms with van der Waals surface area (Å²) in [7, 11) is 0. The highest BCUT2D eigenvalue weighted by Gasteiger charge is 2.04. The van der Waals surface area contributed by atoms with Gasteiger partial charge in [-0.25, -0.2) is 0 Å². The molecule has 0 radical (unpaired) electrons. The Balaban J connectivity index is 3.23. The molecule has 0 aromatic heterocycles. The Bertz CT molecular complexity index is 419. The third-order valence-electron chi connectivity index (χ3n) is 5.61. The van der Waals surface area contributed by atoms with E-state index in [1.54, 1.807) is 6.08 Å². The molecule has 0 fully saturated rings. The maximum absolute atomic E-state index is 11.8. The largest absolute Gasteiger partial charge is 0.466 e. The standard InChI is InChI=1S/C27H50O4/c1-3-5-7-8-9-10-11-12-15-18-21-25-31-27(29)23-20-17-14-13-16-19-22-26(28)30-24-6-4-2/h4H,2-3,5-25H2,1H3. The van der Waals surface area contributed by atoms with Crippen LogP contribution in [0.25, 0.3) is 0 Å². The molecule has 31 heavy (non-hydrogen) atoms. The van der Waals surface area contributed by atoms with Crippen LogP contribution in [-0.4, -0.2) is 25.2 Å². The van der Waals surface area contributed by atoms with Gasteiger partial charge in [0.1, 0.15) is 0 Å². The van der Waals surface area contributed by atoms with Gasteiger partial charge in [0.25, 0.3) is 0 Å². The molecule has 0 amide bonds. The number of carbonyl (C=O) groups is 2. The summed E-state index contributed by atoms with van der Waals surface area (Å²) >= 11 is 0. The highest BCUT2D eigenvalue weighted by atomic mass is 16.5. The Morgan fingerprint density at radius 1 is 0.581 bits per heavy atom. The summed E-state index contributed by atoms with van der Waals surface area (Å²) in [5.41, 5.74) is 0. The molecule has 0 rings (SSSR count). The normalized spacial score (nSPS) is 10.7. The first-order valence-electron chi connectivity index (χ1n) is 13.1. The molecule has 0 saturated carbocycles. The van der Waals surface area contributed by atoms with Crippen molar-refractivity contribution in [2.45, 2.75) is 135 Å². The van der Waals surface area contributed by atoms with Crippen molar-refractivity contribution in [2.75, 3.05) is 13.2 Å². The lowest BCUT2D eigenvalue weighted by atomic mass is 10.1. The molecule has 0 atom stereocenters. The van der Waals surface area contributed by atoms with Crippen molar-refractivity contribution in [1.82, 2.24) is 0 Å². The van der Waals surface area contributed by atoms with E-state index >= 15 is 0 Å². The van der Waals surface area contributed by atoms with E-state index in [-0.39, 0.29) is 11.9 Å². The molecule has 0 spiro atoms. The van der Waals surface area contributed by atoms with Crippen molar-refractivity contribution in [1.29, 1.82) is 0 Å². The van der Waals surface area contributed by atoms with Crippen molar-refractivity contribution in [2.24, 2.45) is 0 Å². The van der Waals surface area contributed by atoms with Gasteiger partial charge >= 0.3 is 11.9 Å². The number of rotatable bonds is 24. The van der Waals surface area contributed by atoms with Gasteiger partial charge in [0.15, 0.2) is 0 Å². The van der Waals surface area contributed by atoms with Crippen LogP contribution in [-0.2, 0) is 19.1 Å². The summed E-state index contributed by atoms with van der Waals surface area (Å²) in [6.07, 6.45) is 24.0. The Morgan fingerprint density at radius 2 is 0.968 bits per heavy atom. The maximum atomic E-state index is 11.8. The van der Waals surface area contributed by atoms with Gasteiger partial charge in [0, 0.05) is 12.8 Å². The van der Waals surface area contributed by atoms with Crippen molar-refractivity contribution in [3.05, 3.63) is 12.7 Å². The monoisotopic (exact) mass is 438 g/mol. The van der Waals surface area contributed by atoms with Crippen molar-refractivity contribution in [3.63, 3.8) is 0 Å². The van der Waals surface area contributed by atoms with Gasteiger partial charge in [-0.05, 0) is 25.7 Å². The van der Waals surface area contributed by atoms with Crippen LogP contribution in [0.4, 0.5) is 0 Å². The number of esters is 2. The van der Waals surface area contributed by atoms with Crippen molar-refractivity contribution >= 4 is 11.9 Å². The van der Waals surface area contributed by atoms with Crippen LogP contribution < -0.4 is 0 Å². The van der Waals surface area contributed by atoms with E-state index < -0.39 is 0 Å². The molecule has 0 saturated heterocycles. The summed E-state index contributed by atoms with van der Waals surface area (Å²) in [6.45, 7) is 6.89. The van der Waals surface area contributed by atoms with E-state index in [9.17, 15) is 9.59 Å². The number of hydrogen-bond acceptors (Lipinski definition) is 4. The minimum Gasteiger partial charge on any atom is -0.466 e. The zero-order valence-electron chi connectivity index (χ0n) is 20.5. The fraction of sp³-hybridized carbons (Fsp3) is 0.852. The number of unbranched alkanes of at least 4 members (excludes halogenated alkanes) is 15. The molecular weight excluding hydrogens is 388 g/mol. The first-order valence-corrected chi connectivity index (χ1v) is 13.1. The van der Waals surface area contributed by atoms with Gasteiger partial charge < -0.3 is 9.47 Å². The zero-order chi connectivity index (χ0) is 22.8. The summed E-state index contributed by atoms with van der Waals surface area (Å²) in [6, 6.07) is 0. The molecule has 0 heterocycles. The minimum absolute atomic E-state index is 0.0469. The van der Waals surface area contributed by atoms with Crippen LogP contribution >= 0.6 is 0 Å². The zero-order valence-corrected chi connectivity index (χ0v) is 20.5. The molecule has 0 aliphatic carbocycles. The Labute approximate surface area is 192 Å². The second-order valence-corrected chi connectivity index (χ2v) is 8.68. The Morgan fingerprint density at radius 3 is 1.42 bits per heavy atom. The SMILES string of the molecule is C=CCCOC(=O)CCCCCCCCC(=O)OCCCCCCCCCCCCC. The second kappa shape index (κ2) is 24.9. The smallest absolute Gasteiger partial charge is 0.305 e. The highest BCUT2D eigenvalue weighted by molar-refractivity contribution is 5.69. The quantitative estimate of drug-likeness (QED) is 0.0868. The van der Waals surface area contributed by atoms with E-state index in [4.69, 9.17) is 9.47 Å². The van der Waals surface area contributed by atoms with Crippen LogP contribution in [0.15, 0.2) is 12.7 Å². The minimum atomic E-state index is -0.109. The highest BCUT2D eigenvalue weighted by Crippen LogP contribution is 2.12. The van der Waals surface area contributed by atoms with Gasteiger partial charge in [0.05, 0.1) is 13.2 Å². The number of ether oxygens (including phenoxy) is 2. The van der Waals surface area contributed by atoms with Gasteiger partial charge in [0.2, 0.25) is 0 Å². The lowest BCUT2D eigenvalue weighted by Gasteiger charge is -2.06. The molecule has 182 valence electrons. The Kier molecular flexibility index (Phi) is 23.9. The number of carbonyl (C=O) groups excluding carboxylic acids is 2. The molecule has 0 aromatic rings. The number of hydrogen-bond donors (Lipinski definition) is 0. The molecule has 0 aliphatic heterocycles. The van der Waals surface area contributed by atoms with E-state index in [2.05, 4.69) is 13.5 Å². The Hall–Kier alpha value is -1.32. The predicted octanol–water partition coefficient (Wildman–Crippen LogP) is 8.08. The van der Waals surface area contributed by atoms with E-state index in [0.717, 1.165) is 44.9 Å². The molecular formula is C27H50O4. The maximum Gasteiger partial charge on any atom is 0.305 e. The van der Waals surface area contributed by atoms with E-state index in [1.807, 2.05) is 0 Å². The lowest BCUT2D eigenvalue weighted by molar-refractivity contribution is -0.144. The topological polar surface area (TPSA) is 52.6 Å². The third-order valence-corrected chi connectivity index (χ3v) is 5.61. The molecule has 0 N–H and O–H groups in total. The third kappa shape index (κ3) is 24.8. The van der Waals surface area contributed by atoms with Gasteiger partial charge in [-0.1, -0.05) is 103 Å². The van der Waals surface area contributed by atoms with Gasteiger partial charge in [-0.3, -0.25) is 9.59 Å². The molecule has 0 aromatic carbocycles. The van der Waals surface area contributed by atoms with Crippen LogP contribution in [0.1, 0.15) is 135 Å². The summed E-state index contributed by atoms with van der Waals surface area (Å²) in [5.74, 6) is -0.156. The molecule has 0 bridgehead atoms. The van der Waals surface area contributed by atoms with Crippen LogP contribution in [0.5, 0.6) is 0 Å². The van der Waals surface area contributed by atoms with E-state index in [1.165, 1.54) is 64.2 Å². The first-order chi connectivity index (χ1) is 15.2. The predicted molar refractivity (Wildman–Crippen MR) is 130 cm³/mol. The van der Waals surface area contributed by atoms with Crippen LogP contribution in [0, 0.1) is 0 Å². The van der Waals surface area contributed by atoms with Gasteiger partial charge in [-0.2, -0.15) is 0 Å². The molecule has 4 nitrogen and oxygen atoms in total. The molecule has 4 heteroatoms. The van der Waals surface area contributed by atoms with Crippen molar-refractivity contribution < 1.29 is 19.1 Å². The summed E-state index contributed by atoms with van der Waals surface area (Å²) in [4.78, 5) is 23.2. The molecule has 0 unspecified atom stereocenters. The average Bonchev–Trinajstić information content (AvgIpc) is 2.76. The summed E-state index contributed by atoms with van der Waals surface area (Å²) in [5, 5.41) is 0. The molecule has 0 aliphatic rings. The average molecular weight is 439 g/mol. The van der Waals surface area contributed by atoms with Crippen LogP contribution in [0.2, 0.25) is 0 Å². The van der Waals surface area contributed by atoms with E-state index in [0.29, 0.717) is 32.5 Å². The summed E-state index contributed by atoms with van der Waals surface area (Å²) < 4.78 is 10.4. The first kappa shape index (κ1) is 29.7. The van der Waals surface area contributed by atoms with Gasteiger partial charge in [-0.15, -0.1) is 6.58 Å². The van der Waals surface area contributed by atoms with Crippen molar-refractivity contribution in [3.8, 4) is 0 Å². The lowest BCUT2D eigenvalue weighted by Crippen LogP contribution is -2.05. The second-order valence-electron chi connectivity index (χ2n) is 8.68. The fourth-order valence-corrected chi connectivity index (χ4v) is 3.60. The fourth-order valence-electron chi connectivity index (χ4n) is 3.60. The van der Waals surface area contributed by atoms with Crippen LogP contribution in [0.3, 0.4) is 0 Å².